The molecule has 1 amide bonds. The molecule has 19 heavy (non-hydrogen) atoms. The predicted octanol–water partition coefficient (Wildman–Crippen LogP) is 0.0415. The zero-order valence-corrected chi connectivity index (χ0v) is 10.7. The maximum Gasteiger partial charge on any atom is 0.244 e. The summed E-state index contributed by atoms with van der Waals surface area (Å²) in [5.74, 6) is 6.36. The second-order valence-corrected chi connectivity index (χ2v) is 4.61. The zero-order valence-electron chi connectivity index (χ0n) is 9.85. The van der Waals surface area contributed by atoms with Crippen LogP contribution in [0.2, 0.25) is 0 Å². The lowest BCUT2D eigenvalue weighted by atomic mass is 10.3. The van der Waals surface area contributed by atoms with Crippen LogP contribution in [-0.2, 0) is 4.79 Å². The van der Waals surface area contributed by atoms with E-state index in [4.69, 9.17) is 11.0 Å². The highest BCUT2D eigenvalue weighted by atomic mass is 32.2. The number of hydrogen-bond donors (Lipinski definition) is 3. The zero-order chi connectivity index (χ0) is 13.7. The van der Waals surface area contributed by atoms with Crippen LogP contribution < -0.4 is 11.3 Å². The van der Waals surface area contributed by atoms with E-state index in [9.17, 15) is 4.79 Å². The van der Waals surface area contributed by atoms with Gasteiger partial charge in [-0.1, -0.05) is 11.8 Å². The lowest BCUT2D eigenvalue weighted by Gasteiger charge is -2.02. The average molecular weight is 280 g/mol. The number of hydrogen-bond acceptors (Lipinski definition) is 7. The summed E-state index contributed by atoms with van der Waals surface area (Å²) < 4.78 is 1.35. The molecule has 0 unspecified atom stereocenters. The van der Waals surface area contributed by atoms with Crippen molar-refractivity contribution in [2.45, 2.75) is 11.6 Å². The van der Waals surface area contributed by atoms with Crippen LogP contribution in [0.15, 0.2) is 29.7 Å². The molecule has 0 saturated heterocycles. The number of aromatic nitrogens is 4. The van der Waals surface area contributed by atoms with Crippen molar-refractivity contribution < 1.29 is 10.0 Å². The summed E-state index contributed by atoms with van der Waals surface area (Å²) in [6.45, 7) is 0. The minimum Gasteiger partial charge on any atom is -0.335 e. The molecule has 2 rings (SSSR count). The number of nitrogens with one attached hydrogen (secondary N) is 1. The van der Waals surface area contributed by atoms with Gasteiger partial charge in [0, 0.05) is 30.1 Å². The number of thioether (sulfide) groups is 1. The number of rotatable bonds is 5. The van der Waals surface area contributed by atoms with Crippen molar-refractivity contribution in [2.24, 2.45) is 0 Å². The second kappa shape index (κ2) is 6.16. The van der Waals surface area contributed by atoms with Gasteiger partial charge in [-0.25, -0.2) is 10.2 Å². The van der Waals surface area contributed by atoms with E-state index >= 15 is 0 Å². The number of nitrogens with two attached hydrogens (primary N) is 1. The van der Waals surface area contributed by atoms with Gasteiger partial charge in [-0.15, -0.1) is 10.2 Å². The lowest BCUT2D eigenvalue weighted by Crippen LogP contribution is -2.19. The lowest BCUT2D eigenvalue weighted by molar-refractivity contribution is -0.128. The quantitative estimate of drug-likeness (QED) is 0.306. The van der Waals surface area contributed by atoms with Crippen molar-refractivity contribution in [2.75, 3.05) is 11.6 Å². The van der Waals surface area contributed by atoms with E-state index < -0.39 is 5.91 Å². The first-order chi connectivity index (χ1) is 9.22. The molecule has 0 aromatic carbocycles. The van der Waals surface area contributed by atoms with Gasteiger partial charge in [-0.3, -0.25) is 15.0 Å². The fourth-order valence-corrected chi connectivity index (χ4v) is 2.15. The molecule has 0 aliphatic rings. The third-order valence-electron chi connectivity index (χ3n) is 2.27. The summed E-state index contributed by atoms with van der Waals surface area (Å²) in [5, 5.41) is 16.8. The fourth-order valence-electron chi connectivity index (χ4n) is 1.36. The third-order valence-corrected chi connectivity index (χ3v) is 3.21. The van der Waals surface area contributed by atoms with E-state index in [1.165, 1.54) is 16.4 Å². The number of carbonyl (C=O) groups is 1. The Morgan fingerprint density at radius 3 is 3.05 bits per heavy atom. The van der Waals surface area contributed by atoms with Crippen LogP contribution in [-0.4, -0.2) is 36.7 Å². The highest BCUT2D eigenvalue weighted by Crippen LogP contribution is 2.20. The number of hydroxylamine groups is 1. The topological polar surface area (TPSA) is 119 Å². The molecule has 2 heterocycles. The Kier molecular flexibility index (Phi) is 4.31. The van der Waals surface area contributed by atoms with E-state index in [0.717, 1.165) is 5.56 Å². The Balaban J connectivity index is 2.05. The average Bonchev–Trinajstić information content (AvgIpc) is 2.81. The third kappa shape index (κ3) is 3.20. The Labute approximate surface area is 113 Å². The van der Waals surface area contributed by atoms with Crippen LogP contribution in [0, 0.1) is 0 Å². The molecule has 0 aliphatic carbocycles. The smallest absolute Gasteiger partial charge is 0.244 e. The monoisotopic (exact) mass is 280 g/mol. The minimum absolute atomic E-state index is 0.163. The molecular weight excluding hydrogens is 268 g/mol. The van der Waals surface area contributed by atoms with E-state index in [1.807, 2.05) is 6.07 Å². The molecule has 0 fully saturated rings. The number of amides is 1. The minimum atomic E-state index is -0.455. The van der Waals surface area contributed by atoms with Gasteiger partial charge in [0.2, 0.25) is 11.1 Å². The van der Waals surface area contributed by atoms with Crippen molar-refractivity contribution in [3.63, 3.8) is 0 Å². The molecule has 0 radical (unpaired) electrons. The van der Waals surface area contributed by atoms with Gasteiger partial charge in [-0.05, 0) is 12.1 Å². The van der Waals surface area contributed by atoms with Gasteiger partial charge in [0.05, 0.1) is 0 Å². The van der Waals surface area contributed by atoms with Crippen LogP contribution >= 0.6 is 11.8 Å². The summed E-state index contributed by atoms with van der Waals surface area (Å²) in [4.78, 5) is 14.8. The van der Waals surface area contributed by atoms with Crippen molar-refractivity contribution >= 4 is 17.7 Å². The molecule has 0 spiro atoms. The van der Waals surface area contributed by atoms with Crippen molar-refractivity contribution in [1.82, 2.24) is 25.3 Å². The predicted molar refractivity (Wildman–Crippen MR) is 68.7 cm³/mol. The number of nitrogen functional groups attached to an aromatic ring is 1. The van der Waals surface area contributed by atoms with E-state index in [2.05, 4.69) is 15.2 Å². The number of carbonyl (C=O) groups excluding carboxylic acids is 1. The summed E-state index contributed by atoms with van der Waals surface area (Å²) >= 11 is 1.28. The molecule has 2 aromatic heterocycles. The highest BCUT2D eigenvalue weighted by molar-refractivity contribution is 7.99. The molecule has 8 nitrogen and oxygen atoms in total. The van der Waals surface area contributed by atoms with Crippen LogP contribution in [0.5, 0.6) is 0 Å². The summed E-state index contributed by atoms with van der Waals surface area (Å²) in [5.41, 5.74) is 2.32. The van der Waals surface area contributed by atoms with Crippen LogP contribution in [0.4, 0.5) is 0 Å². The first-order valence-electron chi connectivity index (χ1n) is 5.39. The molecule has 0 saturated carbocycles. The molecule has 4 N–H and O–H groups in total. The van der Waals surface area contributed by atoms with Crippen molar-refractivity contribution in [3.8, 4) is 11.4 Å². The van der Waals surface area contributed by atoms with Gasteiger partial charge < -0.3 is 5.84 Å². The molecule has 9 heteroatoms. The van der Waals surface area contributed by atoms with E-state index in [-0.39, 0.29) is 6.42 Å². The summed E-state index contributed by atoms with van der Waals surface area (Å²) in [6, 6.07) is 3.61. The molecule has 0 bridgehead atoms. The number of nitrogens with zero attached hydrogens (tertiary/aromatic N) is 4. The molecule has 2 aromatic rings. The van der Waals surface area contributed by atoms with Gasteiger partial charge in [-0.2, -0.15) is 0 Å². The van der Waals surface area contributed by atoms with E-state index in [0.29, 0.717) is 16.7 Å². The van der Waals surface area contributed by atoms with Crippen LogP contribution in [0.1, 0.15) is 6.42 Å². The normalized spacial score (nSPS) is 10.4. The number of pyridine rings is 1. The fraction of sp³-hybridized carbons (Fsp3) is 0.200. The van der Waals surface area contributed by atoms with Gasteiger partial charge in [0.15, 0.2) is 5.82 Å². The van der Waals surface area contributed by atoms with E-state index in [1.54, 1.807) is 23.9 Å². The van der Waals surface area contributed by atoms with Crippen LogP contribution in [0.25, 0.3) is 11.4 Å². The van der Waals surface area contributed by atoms with Gasteiger partial charge >= 0.3 is 0 Å². The second-order valence-electron chi connectivity index (χ2n) is 3.55. The summed E-state index contributed by atoms with van der Waals surface area (Å²) in [6.07, 6.45) is 3.46. The molecular formula is C10H12N6O2S. The Bertz CT molecular complexity index is 558. The Morgan fingerprint density at radius 1 is 1.53 bits per heavy atom. The Hall–Kier alpha value is -2.13. The first-order valence-corrected chi connectivity index (χ1v) is 6.37. The summed E-state index contributed by atoms with van der Waals surface area (Å²) in [7, 11) is 0. The van der Waals surface area contributed by atoms with Gasteiger partial charge in [0.1, 0.15) is 0 Å². The van der Waals surface area contributed by atoms with Gasteiger partial charge in [0.25, 0.3) is 0 Å². The van der Waals surface area contributed by atoms with Crippen LogP contribution in [0.3, 0.4) is 0 Å². The maximum atomic E-state index is 10.9. The van der Waals surface area contributed by atoms with Crippen molar-refractivity contribution in [3.05, 3.63) is 24.5 Å². The maximum absolute atomic E-state index is 10.9. The standard InChI is InChI=1S/C10H12N6O2S/c11-16-9(7-2-1-4-12-6-7)13-14-10(16)19-5-3-8(17)15-18/h1-2,4,6,18H,3,5,11H2,(H,15,17). The first kappa shape index (κ1) is 13.3. The molecule has 0 atom stereocenters. The largest absolute Gasteiger partial charge is 0.335 e. The Morgan fingerprint density at radius 2 is 2.37 bits per heavy atom. The molecule has 0 aliphatic heterocycles. The SMILES string of the molecule is Nn1c(SCCC(=O)NO)nnc1-c1cccnc1. The highest BCUT2D eigenvalue weighted by Gasteiger charge is 2.12. The van der Waals surface area contributed by atoms with Crippen molar-refractivity contribution in [1.29, 1.82) is 0 Å². The molecule has 100 valence electrons.